The predicted molar refractivity (Wildman–Crippen MR) is 110 cm³/mol. The van der Waals surface area contributed by atoms with Gasteiger partial charge in [-0.2, -0.15) is 5.06 Å². The van der Waals surface area contributed by atoms with Crippen LogP contribution in [0.15, 0.2) is 4.99 Å². The van der Waals surface area contributed by atoms with Crippen LogP contribution >= 0.6 is 0 Å². The minimum atomic E-state index is -0.254. The number of rotatable bonds is 17. The number of unbranched alkanes of at least 4 members (excludes halogenated alkanes) is 14. The Hall–Kier alpha value is -1.06. The van der Waals surface area contributed by atoms with Gasteiger partial charge in [-0.1, -0.05) is 96.8 Å². The van der Waals surface area contributed by atoms with Gasteiger partial charge in [0.05, 0.1) is 13.1 Å². The number of carbonyl (C=O) groups excluding carboxylic acids is 1. The van der Waals surface area contributed by atoms with Crippen molar-refractivity contribution in [3.63, 3.8) is 0 Å². The number of carbonyl (C=O) groups is 1. The van der Waals surface area contributed by atoms with E-state index in [1.807, 2.05) is 0 Å². The van der Waals surface area contributed by atoms with Gasteiger partial charge >= 0.3 is 5.97 Å². The third kappa shape index (κ3) is 12.3. The molecule has 0 amide bonds. The van der Waals surface area contributed by atoms with Gasteiger partial charge < -0.3 is 4.84 Å². The summed E-state index contributed by atoms with van der Waals surface area (Å²) in [7, 11) is 0. The largest absolute Gasteiger partial charge is 0.340 e. The highest BCUT2D eigenvalue weighted by atomic mass is 16.7. The summed E-state index contributed by atoms with van der Waals surface area (Å²) in [6.45, 7) is 5.20. The van der Waals surface area contributed by atoms with Crippen LogP contribution in [-0.2, 0) is 9.63 Å². The van der Waals surface area contributed by atoms with E-state index in [-0.39, 0.29) is 5.97 Å². The summed E-state index contributed by atoms with van der Waals surface area (Å²) in [5.41, 5.74) is 0. The number of hydrogen-bond donors (Lipinski definition) is 0. The van der Waals surface area contributed by atoms with Crippen LogP contribution in [0, 0.1) is 0 Å². The molecule has 0 radical (unpaired) electrons. The molecule has 0 aromatic carbocycles. The first-order valence-corrected chi connectivity index (χ1v) is 11.2. The van der Waals surface area contributed by atoms with Gasteiger partial charge in [0.2, 0.25) is 0 Å². The fraction of sp³-hybridized carbons (Fsp3) is 0.909. The highest BCUT2D eigenvalue weighted by Crippen LogP contribution is 2.15. The Kier molecular flexibility index (Phi) is 14.3. The van der Waals surface area contributed by atoms with Crippen molar-refractivity contribution in [2.24, 2.45) is 4.99 Å². The molecule has 0 saturated heterocycles. The van der Waals surface area contributed by atoms with E-state index in [9.17, 15) is 4.79 Å². The van der Waals surface area contributed by atoms with E-state index in [1.54, 1.807) is 5.06 Å². The molecule has 0 bridgehead atoms. The van der Waals surface area contributed by atoms with Crippen molar-refractivity contribution in [2.45, 2.75) is 117 Å². The minimum Gasteiger partial charge on any atom is -0.340 e. The van der Waals surface area contributed by atoms with Crippen LogP contribution in [0.2, 0.25) is 0 Å². The second kappa shape index (κ2) is 16.1. The molecule has 0 aliphatic carbocycles. The molecule has 0 aromatic rings. The molecular weight excluding hydrogens is 324 g/mol. The topological polar surface area (TPSA) is 41.9 Å². The smallest absolute Gasteiger partial charge is 0.329 e. The fourth-order valence-electron chi connectivity index (χ4n) is 3.59. The molecule has 1 aliphatic heterocycles. The first-order valence-electron chi connectivity index (χ1n) is 11.2. The lowest BCUT2D eigenvalue weighted by Gasteiger charge is -2.17. The molecule has 0 N–H and O–H groups in total. The van der Waals surface area contributed by atoms with Crippen molar-refractivity contribution < 1.29 is 9.63 Å². The van der Waals surface area contributed by atoms with Crippen LogP contribution in [0.25, 0.3) is 0 Å². The maximum atomic E-state index is 11.0. The summed E-state index contributed by atoms with van der Waals surface area (Å²) in [5.74, 6) is 0.700. The van der Waals surface area contributed by atoms with Gasteiger partial charge in [0.1, 0.15) is 5.84 Å². The lowest BCUT2D eigenvalue weighted by Crippen LogP contribution is -2.29. The molecule has 0 unspecified atom stereocenters. The summed E-state index contributed by atoms with van der Waals surface area (Å²) in [6.07, 6.45) is 21.6. The zero-order valence-electron chi connectivity index (χ0n) is 17.4. The van der Waals surface area contributed by atoms with Gasteiger partial charge in [-0.3, -0.25) is 9.79 Å². The van der Waals surface area contributed by atoms with Crippen LogP contribution < -0.4 is 0 Å². The Balaban J connectivity index is 1.80. The maximum Gasteiger partial charge on any atom is 0.329 e. The van der Waals surface area contributed by atoms with E-state index < -0.39 is 0 Å². The van der Waals surface area contributed by atoms with E-state index in [4.69, 9.17) is 4.84 Å². The summed E-state index contributed by atoms with van der Waals surface area (Å²) < 4.78 is 0. The molecule has 0 saturated carbocycles. The normalized spacial score (nSPS) is 13.9. The molecule has 152 valence electrons. The van der Waals surface area contributed by atoms with Crippen molar-refractivity contribution in [1.29, 1.82) is 0 Å². The summed E-state index contributed by atoms with van der Waals surface area (Å²) in [5, 5.41) is 1.67. The predicted octanol–water partition coefficient (Wildman–Crippen LogP) is 6.44. The second-order valence-electron chi connectivity index (χ2n) is 7.68. The lowest BCUT2D eigenvalue weighted by atomic mass is 10.0. The lowest BCUT2D eigenvalue weighted by molar-refractivity contribution is -0.168. The Bertz CT molecular complexity index is 382. The highest BCUT2D eigenvalue weighted by molar-refractivity contribution is 5.84. The SMILES string of the molecule is CCCCCCCCCCCCCCCCCC1=NCCN1OC(C)=O. The molecular formula is C22H42N2O2. The van der Waals surface area contributed by atoms with E-state index in [0.29, 0.717) is 6.54 Å². The standard InChI is InChI=1S/C22H42N2O2/c1-3-4-5-6-7-8-9-10-11-12-13-14-15-16-17-18-22-23-19-20-24(22)26-21(2)25/h3-20H2,1-2H3. The quantitative estimate of drug-likeness (QED) is 0.278. The van der Waals surface area contributed by atoms with Gasteiger partial charge in [0, 0.05) is 13.3 Å². The van der Waals surface area contributed by atoms with Gasteiger partial charge in [0.15, 0.2) is 0 Å². The zero-order valence-corrected chi connectivity index (χ0v) is 17.4. The number of amidine groups is 1. The molecule has 0 fully saturated rings. The maximum absolute atomic E-state index is 11.0. The van der Waals surface area contributed by atoms with Crippen LogP contribution in [0.5, 0.6) is 0 Å². The van der Waals surface area contributed by atoms with Gasteiger partial charge in [-0.15, -0.1) is 0 Å². The Labute approximate surface area is 161 Å². The number of aliphatic imine (C=N–C) groups is 1. The third-order valence-corrected chi connectivity index (χ3v) is 5.13. The van der Waals surface area contributed by atoms with Crippen LogP contribution in [-0.4, -0.2) is 30.0 Å². The molecule has 26 heavy (non-hydrogen) atoms. The third-order valence-electron chi connectivity index (χ3n) is 5.13. The van der Waals surface area contributed by atoms with Crippen molar-refractivity contribution in [2.75, 3.05) is 13.1 Å². The first kappa shape index (κ1) is 23.0. The van der Waals surface area contributed by atoms with Gasteiger partial charge in [-0.05, 0) is 6.42 Å². The molecule has 0 spiro atoms. The first-order chi connectivity index (χ1) is 12.7. The van der Waals surface area contributed by atoms with E-state index in [2.05, 4.69) is 11.9 Å². The van der Waals surface area contributed by atoms with E-state index in [1.165, 1.54) is 96.8 Å². The molecule has 0 atom stereocenters. The molecule has 1 aliphatic rings. The average Bonchev–Trinajstić information content (AvgIpc) is 3.04. The van der Waals surface area contributed by atoms with Crippen molar-refractivity contribution in [1.82, 2.24) is 5.06 Å². The fourth-order valence-corrected chi connectivity index (χ4v) is 3.59. The minimum absolute atomic E-state index is 0.254. The molecule has 1 rings (SSSR count). The Morgan fingerprint density at radius 1 is 0.846 bits per heavy atom. The average molecular weight is 367 g/mol. The summed E-state index contributed by atoms with van der Waals surface area (Å²) in [4.78, 5) is 20.6. The number of hydrogen-bond acceptors (Lipinski definition) is 4. The van der Waals surface area contributed by atoms with Gasteiger partial charge in [0.25, 0.3) is 0 Å². The van der Waals surface area contributed by atoms with Crippen molar-refractivity contribution in [3.8, 4) is 0 Å². The summed E-state index contributed by atoms with van der Waals surface area (Å²) >= 11 is 0. The zero-order chi connectivity index (χ0) is 18.9. The van der Waals surface area contributed by atoms with E-state index >= 15 is 0 Å². The molecule has 4 heteroatoms. The molecule has 4 nitrogen and oxygen atoms in total. The van der Waals surface area contributed by atoms with Gasteiger partial charge in [-0.25, -0.2) is 0 Å². The van der Waals surface area contributed by atoms with Crippen LogP contribution in [0.3, 0.4) is 0 Å². The van der Waals surface area contributed by atoms with Crippen LogP contribution in [0.4, 0.5) is 0 Å². The highest BCUT2D eigenvalue weighted by Gasteiger charge is 2.18. The monoisotopic (exact) mass is 366 g/mol. The molecule has 0 aromatic heterocycles. The van der Waals surface area contributed by atoms with Crippen LogP contribution in [0.1, 0.15) is 117 Å². The van der Waals surface area contributed by atoms with E-state index in [0.717, 1.165) is 25.2 Å². The number of hydroxylamine groups is 2. The molecule has 1 heterocycles. The van der Waals surface area contributed by atoms with Crippen molar-refractivity contribution >= 4 is 11.8 Å². The van der Waals surface area contributed by atoms with Crippen molar-refractivity contribution in [3.05, 3.63) is 0 Å². The summed E-state index contributed by atoms with van der Waals surface area (Å²) in [6, 6.07) is 0. The number of nitrogens with zero attached hydrogens (tertiary/aromatic N) is 2. The Morgan fingerprint density at radius 3 is 1.77 bits per heavy atom. The second-order valence-corrected chi connectivity index (χ2v) is 7.68. The Morgan fingerprint density at radius 2 is 1.31 bits per heavy atom.